The number of hydrogen-bond donors (Lipinski definition) is 0. The Bertz CT molecular complexity index is 729. The van der Waals surface area contributed by atoms with Crippen LogP contribution in [0.25, 0.3) is 0 Å². The van der Waals surface area contributed by atoms with Crippen LogP contribution < -0.4 is 0 Å². The summed E-state index contributed by atoms with van der Waals surface area (Å²) >= 11 is 0. The third-order valence-corrected chi connectivity index (χ3v) is 5.21. The van der Waals surface area contributed by atoms with E-state index in [4.69, 9.17) is 0 Å². The number of rotatable bonds is 5. The summed E-state index contributed by atoms with van der Waals surface area (Å²) in [4.78, 5) is 13.9. The lowest BCUT2D eigenvalue weighted by Crippen LogP contribution is -2.37. The van der Waals surface area contributed by atoms with E-state index in [-0.39, 0.29) is 42.1 Å². The largest absolute Gasteiger partial charge is 0.336 e. The summed E-state index contributed by atoms with van der Waals surface area (Å²) in [5.74, 6) is -2.06. The van der Waals surface area contributed by atoms with Gasteiger partial charge in [0.25, 0.3) is 0 Å². The van der Waals surface area contributed by atoms with Gasteiger partial charge in [0.15, 0.2) is 9.84 Å². The first kappa shape index (κ1) is 17.6. The number of carbonyl (C=O) groups excluding carboxylic acids is 1. The maximum absolute atomic E-state index is 13.8. The number of hydrogen-bond acceptors (Lipinski definition) is 3. The molecule has 1 unspecified atom stereocenters. The molecule has 7 heteroatoms. The second-order valence-corrected chi connectivity index (χ2v) is 7.90. The SMILES string of the molecule is CC(C)N(Cc1ccc(F)cc1F)C(=O)CC1C=CS(=O)(=O)C1. The predicted molar refractivity (Wildman–Crippen MR) is 83.1 cm³/mol. The minimum absolute atomic E-state index is 0.0196. The Morgan fingerprint density at radius 1 is 1.35 bits per heavy atom. The molecule has 0 aromatic heterocycles. The van der Waals surface area contributed by atoms with Gasteiger partial charge in [-0.2, -0.15) is 0 Å². The van der Waals surface area contributed by atoms with Gasteiger partial charge >= 0.3 is 0 Å². The van der Waals surface area contributed by atoms with Crippen LogP contribution in [-0.4, -0.2) is 31.0 Å². The van der Waals surface area contributed by atoms with Crippen molar-refractivity contribution in [1.29, 1.82) is 0 Å². The minimum atomic E-state index is -3.21. The lowest BCUT2D eigenvalue weighted by atomic mass is 10.1. The van der Waals surface area contributed by atoms with Gasteiger partial charge < -0.3 is 4.90 Å². The van der Waals surface area contributed by atoms with Crippen molar-refractivity contribution >= 4 is 15.7 Å². The molecule has 1 aromatic rings. The van der Waals surface area contributed by atoms with E-state index < -0.39 is 21.5 Å². The lowest BCUT2D eigenvalue weighted by Gasteiger charge is -2.28. The van der Waals surface area contributed by atoms with Crippen LogP contribution in [0.4, 0.5) is 8.78 Å². The maximum atomic E-state index is 13.8. The van der Waals surface area contributed by atoms with Crippen molar-refractivity contribution in [2.24, 2.45) is 5.92 Å². The van der Waals surface area contributed by atoms with Crippen molar-refractivity contribution in [1.82, 2.24) is 4.90 Å². The normalized spacial score (nSPS) is 19.3. The van der Waals surface area contributed by atoms with Crippen molar-refractivity contribution in [2.45, 2.75) is 32.9 Å². The summed E-state index contributed by atoms with van der Waals surface area (Å²) in [6.45, 7) is 3.60. The fraction of sp³-hybridized carbons (Fsp3) is 0.438. The first-order chi connectivity index (χ1) is 10.7. The van der Waals surface area contributed by atoms with Gasteiger partial charge in [-0.25, -0.2) is 17.2 Å². The molecule has 2 rings (SSSR count). The van der Waals surface area contributed by atoms with Crippen molar-refractivity contribution in [2.75, 3.05) is 5.75 Å². The van der Waals surface area contributed by atoms with Crippen molar-refractivity contribution in [3.05, 3.63) is 46.9 Å². The van der Waals surface area contributed by atoms with Gasteiger partial charge in [-0.05, 0) is 19.9 Å². The van der Waals surface area contributed by atoms with Crippen LogP contribution in [0.15, 0.2) is 29.7 Å². The van der Waals surface area contributed by atoms with Crippen LogP contribution in [-0.2, 0) is 21.2 Å². The van der Waals surface area contributed by atoms with Crippen LogP contribution >= 0.6 is 0 Å². The lowest BCUT2D eigenvalue weighted by molar-refractivity contribution is -0.134. The van der Waals surface area contributed by atoms with Gasteiger partial charge in [0.05, 0.1) is 5.75 Å². The molecular weight excluding hydrogens is 324 g/mol. The molecule has 1 atom stereocenters. The molecule has 4 nitrogen and oxygen atoms in total. The number of carbonyl (C=O) groups is 1. The summed E-state index contributed by atoms with van der Waals surface area (Å²) in [5.41, 5.74) is 0.225. The van der Waals surface area contributed by atoms with Crippen LogP contribution in [0.5, 0.6) is 0 Å². The Kier molecular flexibility index (Phi) is 5.19. The summed E-state index contributed by atoms with van der Waals surface area (Å²) in [6, 6.07) is 3.06. The van der Waals surface area contributed by atoms with Crippen molar-refractivity contribution < 1.29 is 22.0 Å². The number of allylic oxidation sites excluding steroid dienone is 1. The Labute approximate surface area is 134 Å². The van der Waals surface area contributed by atoms with Crippen LogP contribution in [0, 0.1) is 17.6 Å². The number of benzene rings is 1. The zero-order valence-electron chi connectivity index (χ0n) is 13.0. The van der Waals surface area contributed by atoms with E-state index in [9.17, 15) is 22.0 Å². The van der Waals surface area contributed by atoms with E-state index in [1.54, 1.807) is 13.8 Å². The summed E-state index contributed by atoms with van der Waals surface area (Å²) in [5, 5.41) is 1.13. The Hall–Kier alpha value is -1.76. The number of halogens is 2. The molecule has 0 spiro atoms. The minimum Gasteiger partial charge on any atom is -0.336 e. The fourth-order valence-electron chi connectivity index (χ4n) is 2.50. The molecule has 0 radical (unpaired) electrons. The van der Waals surface area contributed by atoms with Gasteiger partial charge in [-0.1, -0.05) is 12.1 Å². The molecule has 0 fully saturated rings. The third-order valence-electron chi connectivity index (χ3n) is 3.74. The van der Waals surface area contributed by atoms with Gasteiger partial charge in [0.1, 0.15) is 11.6 Å². The van der Waals surface area contributed by atoms with Gasteiger partial charge in [0.2, 0.25) is 5.91 Å². The van der Waals surface area contributed by atoms with E-state index >= 15 is 0 Å². The first-order valence-corrected chi connectivity index (χ1v) is 9.04. The zero-order valence-corrected chi connectivity index (χ0v) is 13.8. The second kappa shape index (κ2) is 6.78. The highest BCUT2D eigenvalue weighted by Crippen LogP contribution is 2.21. The van der Waals surface area contributed by atoms with Crippen LogP contribution in [0.1, 0.15) is 25.8 Å². The van der Waals surface area contributed by atoms with E-state index in [1.165, 1.54) is 17.0 Å². The summed E-state index contributed by atoms with van der Waals surface area (Å²) < 4.78 is 49.5. The number of amides is 1. The molecule has 0 aliphatic carbocycles. The van der Waals surface area contributed by atoms with E-state index in [1.807, 2.05) is 0 Å². The summed E-state index contributed by atoms with van der Waals surface area (Å²) in [7, 11) is -3.21. The monoisotopic (exact) mass is 343 g/mol. The van der Waals surface area contributed by atoms with Gasteiger partial charge in [-0.15, -0.1) is 0 Å². The highest BCUT2D eigenvalue weighted by Gasteiger charge is 2.27. The number of nitrogens with zero attached hydrogens (tertiary/aromatic N) is 1. The molecule has 23 heavy (non-hydrogen) atoms. The molecule has 1 aliphatic rings. The zero-order chi connectivity index (χ0) is 17.2. The quantitative estimate of drug-likeness (QED) is 0.826. The Balaban J connectivity index is 2.09. The molecule has 0 saturated carbocycles. The molecular formula is C16H19F2NO3S. The molecule has 1 heterocycles. The Morgan fingerprint density at radius 2 is 2.04 bits per heavy atom. The standard InChI is InChI=1S/C16H19F2NO3S/c1-11(2)19(9-13-3-4-14(17)8-15(13)18)16(20)7-12-5-6-23(21,22)10-12/h3-6,8,11-12H,7,9-10H2,1-2H3. The molecule has 126 valence electrons. The van der Waals surface area contributed by atoms with Crippen molar-refractivity contribution in [3.63, 3.8) is 0 Å². The molecule has 1 aliphatic heterocycles. The topological polar surface area (TPSA) is 54.5 Å². The van der Waals surface area contributed by atoms with Crippen LogP contribution in [0.3, 0.4) is 0 Å². The fourth-order valence-corrected chi connectivity index (χ4v) is 3.90. The molecule has 0 N–H and O–H groups in total. The number of sulfone groups is 1. The third kappa shape index (κ3) is 4.60. The molecule has 0 bridgehead atoms. The smallest absolute Gasteiger partial charge is 0.223 e. The highest BCUT2D eigenvalue weighted by atomic mass is 32.2. The molecule has 1 amide bonds. The van der Waals surface area contributed by atoms with E-state index in [0.717, 1.165) is 17.5 Å². The average molecular weight is 343 g/mol. The van der Waals surface area contributed by atoms with Gasteiger partial charge in [-0.3, -0.25) is 4.79 Å². The maximum Gasteiger partial charge on any atom is 0.223 e. The molecule has 1 aromatic carbocycles. The Morgan fingerprint density at radius 3 is 2.57 bits per heavy atom. The summed E-state index contributed by atoms with van der Waals surface area (Å²) in [6.07, 6.45) is 1.57. The average Bonchev–Trinajstić information content (AvgIpc) is 2.76. The van der Waals surface area contributed by atoms with Crippen molar-refractivity contribution in [3.8, 4) is 0 Å². The van der Waals surface area contributed by atoms with E-state index in [2.05, 4.69) is 0 Å². The van der Waals surface area contributed by atoms with Gasteiger partial charge in [0, 0.05) is 42.0 Å². The van der Waals surface area contributed by atoms with Crippen LogP contribution in [0.2, 0.25) is 0 Å². The highest BCUT2D eigenvalue weighted by molar-refractivity contribution is 7.94. The molecule has 0 saturated heterocycles. The van der Waals surface area contributed by atoms with E-state index in [0.29, 0.717) is 0 Å². The second-order valence-electron chi connectivity index (χ2n) is 5.97. The predicted octanol–water partition coefficient (Wildman–Crippen LogP) is 2.65. The first-order valence-electron chi connectivity index (χ1n) is 7.32.